The van der Waals surface area contributed by atoms with Gasteiger partial charge in [0.15, 0.2) is 5.82 Å². The van der Waals surface area contributed by atoms with Gasteiger partial charge in [0.25, 0.3) is 0 Å². The lowest BCUT2D eigenvalue weighted by Crippen LogP contribution is -2.40. The van der Waals surface area contributed by atoms with Crippen molar-refractivity contribution in [3.63, 3.8) is 0 Å². The second kappa shape index (κ2) is 4.73. The van der Waals surface area contributed by atoms with Crippen LogP contribution in [0.2, 0.25) is 0 Å². The highest BCUT2D eigenvalue weighted by Gasteiger charge is 2.23. The van der Waals surface area contributed by atoms with Crippen molar-refractivity contribution in [1.82, 2.24) is 19.2 Å². The summed E-state index contributed by atoms with van der Waals surface area (Å²) >= 11 is 0. The van der Waals surface area contributed by atoms with Crippen molar-refractivity contribution in [2.24, 2.45) is 0 Å². The molecule has 17 heavy (non-hydrogen) atoms. The zero-order chi connectivity index (χ0) is 12.4. The standard InChI is InChI=1S/C11H18N4O2/c1-3-5-15-11(17)14-7-6-13(10(16)4-2)8-9(14)12-15/h3-8H2,1-2H3. The molecule has 2 heterocycles. The number of amides is 1. The predicted octanol–water partition coefficient (Wildman–Crippen LogP) is 0.207. The summed E-state index contributed by atoms with van der Waals surface area (Å²) in [6.07, 6.45) is 1.38. The molecule has 0 fully saturated rings. The number of nitrogens with zero attached hydrogens (tertiary/aromatic N) is 4. The Labute approximate surface area is 99.8 Å². The molecule has 0 bridgehead atoms. The molecular formula is C11H18N4O2. The topological polar surface area (TPSA) is 60.1 Å². The highest BCUT2D eigenvalue weighted by atomic mass is 16.2. The maximum absolute atomic E-state index is 11.9. The van der Waals surface area contributed by atoms with Crippen molar-refractivity contribution in [3.05, 3.63) is 16.3 Å². The molecule has 0 spiro atoms. The molecular weight excluding hydrogens is 220 g/mol. The van der Waals surface area contributed by atoms with Crippen LogP contribution in [0.25, 0.3) is 0 Å². The normalized spacial score (nSPS) is 14.8. The average Bonchev–Trinajstić information content (AvgIpc) is 2.65. The number of hydrogen-bond acceptors (Lipinski definition) is 3. The van der Waals surface area contributed by atoms with Crippen molar-refractivity contribution in [3.8, 4) is 0 Å². The quantitative estimate of drug-likeness (QED) is 0.756. The third kappa shape index (κ3) is 2.11. The lowest BCUT2D eigenvalue weighted by molar-refractivity contribution is -0.132. The molecule has 0 aromatic carbocycles. The number of carbonyl (C=O) groups is 1. The van der Waals surface area contributed by atoms with Crippen LogP contribution in [0.15, 0.2) is 4.79 Å². The fourth-order valence-electron chi connectivity index (χ4n) is 2.09. The van der Waals surface area contributed by atoms with E-state index in [2.05, 4.69) is 5.10 Å². The summed E-state index contributed by atoms with van der Waals surface area (Å²) in [5.74, 6) is 0.824. The first-order valence-electron chi connectivity index (χ1n) is 6.11. The number of fused-ring (bicyclic) bond motifs is 1. The summed E-state index contributed by atoms with van der Waals surface area (Å²) in [7, 11) is 0. The minimum absolute atomic E-state index is 0.0505. The smallest absolute Gasteiger partial charge is 0.333 e. The van der Waals surface area contributed by atoms with Crippen molar-refractivity contribution < 1.29 is 4.79 Å². The van der Waals surface area contributed by atoms with Crippen LogP contribution in [0, 0.1) is 0 Å². The van der Waals surface area contributed by atoms with Crippen LogP contribution >= 0.6 is 0 Å². The van der Waals surface area contributed by atoms with Gasteiger partial charge in [-0.1, -0.05) is 13.8 Å². The zero-order valence-electron chi connectivity index (χ0n) is 10.3. The van der Waals surface area contributed by atoms with E-state index in [0.717, 1.165) is 6.42 Å². The molecule has 0 saturated heterocycles. The van der Waals surface area contributed by atoms with E-state index in [-0.39, 0.29) is 11.6 Å². The second-order valence-electron chi connectivity index (χ2n) is 4.24. The maximum atomic E-state index is 11.9. The largest absolute Gasteiger partial charge is 0.346 e. The molecule has 0 unspecified atom stereocenters. The summed E-state index contributed by atoms with van der Waals surface area (Å²) in [4.78, 5) is 25.3. The zero-order valence-corrected chi connectivity index (χ0v) is 10.3. The first-order valence-corrected chi connectivity index (χ1v) is 6.11. The van der Waals surface area contributed by atoms with Crippen molar-refractivity contribution >= 4 is 5.91 Å². The Bertz CT molecular complexity index is 474. The molecule has 6 nitrogen and oxygen atoms in total. The number of carbonyl (C=O) groups excluding carboxylic acids is 1. The van der Waals surface area contributed by atoms with Gasteiger partial charge in [-0.2, -0.15) is 5.10 Å². The lowest BCUT2D eigenvalue weighted by atomic mass is 10.3. The van der Waals surface area contributed by atoms with Crippen LogP contribution in [0.1, 0.15) is 32.5 Å². The summed E-state index contributed by atoms with van der Waals surface area (Å²) < 4.78 is 3.17. The van der Waals surface area contributed by atoms with Crippen molar-refractivity contribution in [2.75, 3.05) is 6.54 Å². The Balaban J connectivity index is 2.24. The number of aromatic nitrogens is 3. The van der Waals surface area contributed by atoms with E-state index in [0.29, 0.717) is 38.4 Å². The van der Waals surface area contributed by atoms with Crippen LogP contribution in [-0.2, 0) is 24.4 Å². The Morgan fingerprint density at radius 2 is 2.12 bits per heavy atom. The van der Waals surface area contributed by atoms with Crippen LogP contribution < -0.4 is 5.69 Å². The maximum Gasteiger partial charge on any atom is 0.346 e. The molecule has 0 N–H and O–H groups in total. The molecule has 1 aromatic rings. The monoisotopic (exact) mass is 238 g/mol. The first kappa shape index (κ1) is 11.9. The van der Waals surface area contributed by atoms with E-state index in [1.54, 1.807) is 9.47 Å². The fraction of sp³-hybridized carbons (Fsp3) is 0.727. The number of hydrogen-bond donors (Lipinski definition) is 0. The molecule has 2 rings (SSSR count). The van der Waals surface area contributed by atoms with E-state index >= 15 is 0 Å². The molecule has 1 amide bonds. The molecule has 0 radical (unpaired) electrons. The van der Waals surface area contributed by atoms with Gasteiger partial charge in [-0.25, -0.2) is 9.48 Å². The minimum atomic E-state index is -0.0505. The first-order chi connectivity index (χ1) is 8.17. The molecule has 0 saturated carbocycles. The Hall–Kier alpha value is -1.59. The SMILES string of the molecule is CCCn1nc2n(c1=O)CCN(C(=O)CC)C2. The van der Waals surface area contributed by atoms with Crippen LogP contribution in [0.5, 0.6) is 0 Å². The van der Waals surface area contributed by atoms with Gasteiger partial charge < -0.3 is 4.90 Å². The third-order valence-electron chi connectivity index (χ3n) is 3.02. The van der Waals surface area contributed by atoms with Gasteiger partial charge in [0.1, 0.15) is 0 Å². The van der Waals surface area contributed by atoms with E-state index < -0.39 is 0 Å². The molecule has 94 valence electrons. The lowest BCUT2D eigenvalue weighted by Gasteiger charge is -2.26. The fourth-order valence-corrected chi connectivity index (χ4v) is 2.09. The molecule has 0 atom stereocenters. The van der Waals surface area contributed by atoms with Crippen molar-refractivity contribution in [2.45, 2.75) is 46.3 Å². The molecule has 1 aliphatic heterocycles. The Morgan fingerprint density at radius 3 is 2.76 bits per heavy atom. The summed E-state index contributed by atoms with van der Waals surface area (Å²) in [6, 6.07) is 0. The van der Waals surface area contributed by atoms with Gasteiger partial charge in [-0.3, -0.25) is 9.36 Å². The molecule has 6 heteroatoms. The highest BCUT2D eigenvalue weighted by Crippen LogP contribution is 2.09. The minimum Gasteiger partial charge on any atom is -0.333 e. The summed E-state index contributed by atoms with van der Waals surface area (Å²) in [5, 5.41) is 4.28. The summed E-state index contributed by atoms with van der Waals surface area (Å²) in [5.41, 5.74) is -0.0505. The van der Waals surface area contributed by atoms with Gasteiger partial charge in [-0.15, -0.1) is 0 Å². The van der Waals surface area contributed by atoms with E-state index in [1.165, 1.54) is 4.68 Å². The third-order valence-corrected chi connectivity index (χ3v) is 3.02. The molecule has 1 aromatic heterocycles. The summed E-state index contributed by atoms with van der Waals surface area (Å²) in [6.45, 7) is 6.12. The van der Waals surface area contributed by atoms with Gasteiger partial charge in [0.05, 0.1) is 6.54 Å². The average molecular weight is 238 g/mol. The van der Waals surface area contributed by atoms with Gasteiger partial charge >= 0.3 is 5.69 Å². The van der Waals surface area contributed by atoms with E-state index in [1.807, 2.05) is 13.8 Å². The second-order valence-corrected chi connectivity index (χ2v) is 4.24. The number of aryl methyl sites for hydroxylation is 1. The Kier molecular flexibility index (Phi) is 3.31. The number of rotatable bonds is 3. The van der Waals surface area contributed by atoms with Crippen molar-refractivity contribution in [1.29, 1.82) is 0 Å². The van der Waals surface area contributed by atoms with E-state index in [9.17, 15) is 9.59 Å². The van der Waals surface area contributed by atoms with Gasteiger partial charge in [0, 0.05) is 26.1 Å². The van der Waals surface area contributed by atoms with Crippen LogP contribution in [0.3, 0.4) is 0 Å². The Morgan fingerprint density at radius 1 is 1.35 bits per heavy atom. The molecule has 0 aliphatic carbocycles. The van der Waals surface area contributed by atoms with Crippen LogP contribution in [-0.4, -0.2) is 31.7 Å². The van der Waals surface area contributed by atoms with Gasteiger partial charge in [-0.05, 0) is 6.42 Å². The van der Waals surface area contributed by atoms with Crippen LogP contribution in [0.4, 0.5) is 0 Å². The molecule has 1 aliphatic rings. The predicted molar refractivity (Wildman–Crippen MR) is 62.5 cm³/mol. The van der Waals surface area contributed by atoms with Gasteiger partial charge in [0.2, 0.25) is 5.91 Å². The van der Waals surface area contributed by atoms with E-state index in [4.69, 9.17) is 0 Å². The highest BCUT2D eigenvalue weighted by molar-refractivity contribution is 5.75.